The fraction of sp³-hybridized carbons (Fsp3) is 0.238. The number of methoxy groups -OCH3 is 1. The Morgan fingerprint density at radius 3 is 2.29 bits per heavy atom. The van der Waals surface area contributed by atoms with Crippen LogP contribution in [0, 0.1) is 0 Å². The molecule has 0 spiro atoms. The fourth-order valence-corrected chi connectivity index (χ4v) is 4.42. The Morgan fingerprint density at radius 1 is 1.00 bits per heavy atom. The molecular weight excluding hydrogens is 438 g/mol. The van der Waals surface area contributed by atoms with Gasteiger partial charge in [-0.15, -0.1) is 0 Å². The van der Waals surface area contributed by atoms with Crippen molar-refractivity contribution in [3.05, 3.63) is 63.5 Å². The van der Waals surface area contributed by atoms with E-state index >= 15 is 0 Å². The molecule has 2 aliphatic heterocycles. The van der Waals surface area contributed by atoms with E-state index in [9.17, 15) is 4.79 Å². The minimum absolute atomic E-state index is 0.152. The number of halogens is 1. The van der Waals surface area contributed by atoms with Gasteiger partial charge in [-0.05, 0) is 59.8 Å². The third kappa shape index (κ3) is 4.25. The summed E-state index contributed by atoms with van der Waals surface area (Å²) in [6.45, 7) is 3.48. The van der Waals surface area contributed by atoms with Crippen molar-refractivity contribution in [1.82, 2.24) is 4.90 Å². The molecule has 0 N–H and O–H groups in total. The van der Waals surface area contributed by atoms with Gasteiger partial charge < -0.3 is 14.5 Å². The molecule has 0 radical (unpaired) electrons. The molecule has 0 bridgehead atoms. The van der Waals surface area contributed by atoms with Gasteiger partial charge in [0.2, 0.25) is 0 Å². The van der Waals surface area contributed by atoms with Crippen LogP contribution >= 0.6 is 27.7 Å². The number of ether oxygens (including phenoxy) is 1. The van der Waals surface area contributed by atoms with Crippen molar-refractivity contribution in [1.29, 1.82) is 0 Å². The lowest BCUT2D eigenvalue weighted by Crippen LogP contribution is -2.47. The van der Waals surface area contributed by atoms with Crippen molar-refractivity contribution < 1.29 is 9.53 Å². The molecule has 1 fully saturated rings. The number of hydrogen-bond donors (Lipinski definition) is 0. The molecule has 1 saturated heterocycles. The molecule has 7 heteroatoms. The van der Waals surface area contributed by atoms with E-state index in [1.54, 1.807) is 7.11 Å². The number of thioether (sulfide) groups is 1. The van der Waals surface area contributed by atoms with Crippen molar-refractivity contribution in [2.75, 3.05) is 38.2 Å². The molecule has 2 aliphatic rings. The second kappa shape index (κ2) is 8.41. The van der Waals surface area contributed by atoms with E-state index in [1.807, 2.05) is 42.5 Å². The zero-order chi connectivity index (χ0) is 19.5. The Balaban J connectivity index is 1.37. The molecule has 0 atom stereocenters. The summed E-state index contributed by atoms with van der Waals surface area (Å²) in [5.41, 5.74) is 2.19. The zero-order valence-electron chi connectivity index (χ0n) is 15.5. The van der Waals surface area contributed by atoms with E-state index < -0.39 is 0 Å². The number of nitrogens with zero attached hydrogens (tertiary/aromatic N) is 3. The van der Waals surface area contributed by atoms with Gasteiger partial charge >= 0.3 is 0 Å². The number of carbonyl (C=O) groups excluding carboxylic acids is 1. The van der Waals surface area contributed by atoms with Crippen LogP contribution in [0.2, 0.25) is 0 Å². The number of aliphatic imine (C=N–C) groups is 1. The Hall–Kier alpha value is -2.25. The molecule has 0 aromatic heterocycles. The standard InChI is InChI=1S/C21H20BrN3O2S/c1-27-18-8-6-17(7-9-18)24-10-12-25(13-11-24)21-23-20(26)19(28-21)14-15-2-4-16(22)5-3-15/h2-9,14H,10-13H2,1H3/b19-14-. The molecule has 0 saturated carbocycles. The van der Waals surface area contributed by atoms with E-state index in [4.69, 9.17) is 4.74 Å². The van der Waals surface area contributed by atoms with E-state index in [-0.39, 0.29) is 5.91 Å². The summed E-state index contributed by atoms with van der Waals surface area (Å²) < 4.78 is 6.24. The minimum atomic E-state index is -0.152. The fourth-order valence-electron chi connectivity index (χ4n) is 3.19. The normalized spacial score (nSPS) is 18.6. The molecule has 0 aliphatic carbocycles. The maximum atomic E-state index is 12.3. The van der Waals surface area contributed by atoms with Gasteiger partial charge in [0.05, 0.1) is 12.0 Å². The van der Waals surface area contributed by atoms with Crippen LogP contribution < -0.4 is 9.64 Å². The van der Waals surface area contributed by atoms with Crippen molar-refractivity contribution in [2.24, 2.45) is 4.99 Å². The highest BCUT2D eigenvalue weighted by Crippen LogP contribution is 2.31. The number of benzene rings is 2. The molecule has 144 valence electrons. The third-order valence-corrected chi connectivity index (χ3v) is 6.34. The summed E-state index contributed by atoms with van der Waals surface area (Å²) >= 11 is 4.90. The van der Waals surface area contributed by atoms with E-state index in [2.05, 4.69) is 42.9 Å². The van der Waals surface area contributed by atoms with Crippen LogP contribution in [0.15, 0.2) is 62.9 Å². The van der Waals surface area contributed by atoms with Gasteiger partial charge in [0.1, 0.15) is 5.75 Å². The first kappa shape index (κ1) is 19.1. The second-order valence-corrected chi connectivity index (χ2v) is 8.46. The van der Waals surface area contributed by atoms with Gasteiger partial charge in [-0.3, -0.25) is 4.79 Å². The van der Waals surface area contributed by atoms with Crippen molar-refractivity contribution in [2.45, 2.75) is 0 Å². The first-order chi connectivity index (χ1) is 13.6. The number of amides is 1. The monoisotopic (exact) mass is 457 g/mol. The molecule has 2 heterocycles. The Bertz CT molecular complexity index is 918. The zero-order valence-corrected chi connectivity index (χ0v) is 17.9. The lowest BCUT2D eigenvalue weighted by Gasteiger charge is -2.36. The van der Waals surface area contributed by atoms with Crippen LogP contribution in [0.5, 0.6) is 5.75 Å². The molecular formula is C21H20BrN3O2S. The molecule has 2 aromatic carbocycles. The van der Waals surface area contributed by atoms with Gasteiger partial charge in [0, 0.05) is 36.3 Å². The molecule has 0 unspecified atom stereocenters. The van der Waals surface area contributed by atoms with Gasteiger partial charge in [-0.25, -0.2) is 0 Å². The summed E-state index contributed by atoms with van der Waals surface area (Å²) in [6, 6.07) is 16.0. The second-order valence-electron chi connectivity index (χ2n) is 6.53. The van der Waals surface area contributed by atoms with Crippen LogP contribution in [0.4, 0.5) is 5.69 Å². The van der Waals surface area contributed by atoms with Crippen molar-refractivity contribution >= 4 is 50.5 Å². The predicted molar refractivity (Wildman–Crippen MR) is 119 cm³/mol. The van der Waals surface area contributed by atoms with E-state index in [1.165, 1.54) is 17.4 Å². The SMILES string of the molecule is COc1ccc(N2CCN(C3=NC(=O)/C(=C/c4ccc(Br)cc4)S3)CC2)cc1. The van der Waals surface area contributed by atoms with E-state index in [0.717, 1.165) is 47.1 Å². The topological polar surface area (TPSA) is 45.1 Å². The number of carbonyl (C=O) groups is 1. The van der Waals surface area contributed by atoms with Crippen LogP contribution in [0.25, 0.3) is 6.08 Å². The third-order valence-electron chi connectivity index (χ3n) is 4.76. The van der Waals surface area contributed by atoms with Crippen LogP contribution in [-0.2, 0) is 4.79 Å². The Kier molecular flexibility index (Phi) is 5.73. The highest BCUT2D eigenvalue weighted by molar-refractivity contribution is 9.10. The van der Waals surface area contributed by atoms with Gasteiger partial charge in [-0.1, -0.05) is 28.1 Å². The summed E-state index contributed by atoms with van der Waals surface area (Å²) in [5, 5.41) is 0.808. The molecule has 28 heavy (non-hydrogen) atoms. The Morgan fingerprint density at radius 2 is 1.64 bits per heavy atom. The first-order valence-corrected chi connectivity index (χ1v) is 10.7. The average Bonchev–Trinajstić information content (AvgIpc) is 3.10. The van der Waals surface area contributed by atoms with E-state index in [0.29, 0.717) is 4.91 Å². The van der Waals surface area contributed by atoms with Gasteiger partial charge in [0.15, 0.2) is 5.17 Å². The lowest BCUT2D eigenvalue weighted by atomic mass is 10.2. The van der Waals surface area contributed by atoms with Crippen LogP contribution in [0.3, 0.4) is 0 Å². The summed E-state index contributed by atoms with van der Waals surface area (Å²) in [7, 11) is 1.68. The maximum Gasteiger partial charge on any atom is 0.286 e. The largest absolute Gasteiger partial charge is 0.497 e. The molecule has 5 nitrogen and oxygen atoms in total. The molecule has 1 amide bonds. The average molecular weight is 458 g/mol. The lowest BCUT2D eigenvalue weighted by molar-refractivity contribution is -0.113. The van der Waals surface area contributed by atoms with Gasteiger partial charge in [-0.2, -0.15) is 4.99 Å². The van der Waals surface area contributed by atoms with Crippen LogP contribution in [-0.4, -0.2) is 49.3 Å². The van der Waals surface area contributed by atoms with Crippen molar-refractivity contribution in [3.8, 4) is 5.75 Å². The number of anilines is 1. The summed E-state index contributed by atoms with van der Waals surface area (Å²) in [4.78, 5) is 21.8. The summed E-state index contributed by atoms with van der Waals surface area (Å²) in [6.07, 6.45) is 1.91. The Labute approximate surface area is 177 Å². The van der Waals surface area contributed by atoms with Crippen molar-refractivity contribution in [3.63, 3.8) is 0 Å². The minimum Gasteiger partial charge on any atom is -0.497 e. The highest BCUT2D eigenvalue weighted by atomic mass is 79.9. The molecule has 4 rings (SSSR count). The van der Waals surface area contributed by atoms with Crippen LogP contribution in [0.1, 0.15) is 5.56 Å². The number of amidine groups is 1. The summed E-state index contributed by atoms with van der Waals surface area (Å²) in [5.74, 6) is 0.711. The smallest absolute Gasteiger partial charge is 0.286 e. The predicted octanol–water partition coefficient (Wildman–Crippen LogP) is 4.25. The quantitative estimate of drug-likeness (QED) is 0.644. The number of rotatable bonds is 3. The number of piperazine rings is 1. The highest BCUT2D eigenvalue weighted by Gasteiger charge is 2.28. The first-order valence-electron chi connectivity index (χ1n) is 9.04. The molecule has 2 aromatic rings. The number of hydrogen-bond acceptors (Lipinski definition) is 5. The van der Waals surface area contributed by atoms with Gasteiger partial charge in [0.25, 0.3) is 5.91 Å². The maximum absolute atomic E-state index is 12.3.